The van der Waals surface area contributed by atoms with Gasteiger partial charge < -0.3 is 4.74 Å². The van der Waals surface area contributed by atoms with Crippen molar-refractivity contribution < 1.29 is 4.74 Å². The van der Waals surface area contributed by atoms with Gasteiger partial charge in [-0.15, -0.1) is 0 Å². The van der Waals surface area contributed by atoms with Gasteiger partial charge in [0.1, 0.15) is 5.75 Å². The maximum Gasteiger partial charge on any atom is 0.119 e. The molecule has 3 aliphatic rings. The van der Waals surface area contributed by atoms with Crippen molar-refractivity contribution in [3.63, 3.8) is 0 Å². The van der Waals surface area contributed by atoms with E-state index < -0.39 is 0 Å². The van der Waals surface area contributed by atoms with Crippen molar-refractivity contribution in [3.05, 3.63) is 29.3 Å². The monoisotopic (exact) mass is 256 g/mol. The normalized spacial score (nSPS) is 36.3. The van der Waals surface area contributed by atoms with Gasteiger partial charge in [0.25, 0.3) is 0 Å². The first-order valence-electron chi connectivity index (χ1n) is 8.03. The van der Waals surface area contributed by atoms with Gasteiger partial charge in [0.05, 0.1) is 7.11 Å². The fourth-order valence-electron chi connectivity index (χ4n) is 5.29. The molecule has 1 nitrogen and oxygen atoms in total. The molecule has 1 aromatic rings. The zero-order valence-corrected chi connectivity index (χ0v) is 11.9. The van der Waals surface area contributed by atoms with Crippen molar-refractivity contribution >= 4 is 0 Å². The third kappa shape index (κ3) is 1.81. The Balaban J connectivity index is 1.70. The molecule has 102 valence electrons. The lowest BCUT2D eigenvalue weighted by Crippen LogP contribution is -2.34. The van der Waals surface area contributed by atoms with E-state index in [1.165, 1.54) is 44.9 Å². The van der Waals surface area contributed by atoms with Crippen molar-refractivity contribution in [2.45, 2.75) is 50.9 Å². The van der Waals surface area contributed by atoms with Gasteiger partial charge >= 0.3 is 0 Å². The van der Waals surface area contributed by atoms with E-state index in [2.05, 4.69) is 18.2 Å². The lowest BCUT2D eigenvalue weighted by Gasteiger charge is -2.44. The number of hydrogen-bond donors (Lipinski definition) is 0. The van der Waals surface area contributed by atoms with Gasteiger partial charge in [-0.05, 0) is 79.0 Å². The molecule has 0 amide bonds. The highest BCUT2D eigenvalue weighted by Gasteiger charge is 2.43. The quantitative estimate of drug-likeness (QED) is 0.716. The van der Waals surface area contributed by atoms with Gasteiger partial charge in [0.2, 0.25) is 0 Å². The topological polar surface area (TPSA) is 9.23 Å². The number of methoxy groups -OCH3 is 1. The molecule has 4 rings (SSSR count). The van der Waals surface area contributed by atoms with Crippen molar-refractivity contribution in [3.8, 4) is 5.75 Å². The van der Waals surface area contributed by atoms with E-state index >= 15 is 0 Å². The second-order valence-electron chi connectivity index (χ2n) is 6.81. The summed E-state index contributed by atoms with van der Waals surface area (Å²) in [6, 6.07) is 6.78. The van der Waals surface area contributed by atoms with Gasteiger partial charge in [-0.2, -0.15) is 0 Å². The van der Waals surface area contributed by atoms with Gasteiger partial charge in [-0.25, -0.2) is 0 Å². The number of hydrogen-bond acceptors (Lipinski definition) is 1. The molecular weight excluding hydrogens is 232 g/mol. The molecule has 2 saturated carbocycles. The van der Waals surface area contributed by atoms with Crippen LogP contribution in [0.1, 0.15) is 55.6 Å². The highest BCUT2D eigenvalue weighted by molar-refractivity contribution is 5.40. The molecule has 1 aromatic carbocycles. The summed E-state index contributed by atoms with van der Waals surface area (Å²) in [5.74, 6) is 4.96. The summed E-state index contributed by atoms with van der Waals surface area (Å²) in [5, 5.41) is 0. The first-order valence-corrected chi connectivity index (χ1v) is 8.03. The maximum absolute atomic E-state index is 5.45. The minimum absolute atomic E-state index is 0.832. The summed E-state index contributed by atoms with van der Waals surface area (Å²) in [5.41, 5.74) is 3.22. The van der Waals surface area contributed by atoms with Crippen molar-refractivity contribution in [2.75, 3.05) is 7.11 Å². The fourth-order valence-corrected chi connectivity index (χ4v) is 5.29. The van der Waals surface area contributed by atoms with Crippen molar-refractivity contribution in [1.82, 2.24) is 0 Å². The molecule has 0 saturated heterocycles. The summed E-state index contributed by atoms with van der Waals surface area (Å²) in [6.45, 7) is 0. The van der Waals surface area contributed by atoms with Crippen LogP contribution in [0.15, 0.2) is 18.2 Å². The molecule has 0 aromatic heterocycles. The Kier molecular flexibility index (Phi) is 2.82. The van der Waals surface area contributed by atoms with E-state index in [4.69, 9.17) is 4.74 Å². The van der Waals surface area contributed by atoms with Crippen LogP contribution < -0.4 is 4.74 Å². The second kappa shape index (κ2) is 4.54. The Hall–Kier alpha value is -0.980. The Morgan fingerprint density at radius 3 is 2.84 bits per heavy atom. The second-order valence-corrected chi connectivity index (χ2v) is 6.81. The standard InChI is InChI=1S/C18H24O/c1-19-14-8-5-13-7-9-16-15-4-2-3-12(15)6-10-17(16)18(13)11-14/h5,8,11-12,15-17H,2-4,6-7,9-10H2,1H3. The summed E-state index contributed by atoms with van der Waals surface area (Å²) >= 11 is 0. The molecule has 1 heteroatoms. The smallest absolute Gasteiger partial charge is 0.119 e. The summed E-state index contributed by atoms with van der Waals surface area (Å²) in [4.78, 5) is 0. The van der Waals surface area contributed by atoms with Crippen LogP contribution >= 0.6 is 0 Å². The van der Waals surface area contributed by atoms with E-state index in [9.17, 15) is 0 Å². The Bertz CT molecular complexity index is 479. The largest absolute Gasteiger partial charge is 0.497 e. The number of fused-ring (bicyclic) bond motifs is 5. The summed E-state index contributed by atoms with van der Waals surface area (Å²) < 4.78 is 5.45. The summed E-state index contributed by atoms with van der Waals surface area (Å²) in [7, 11) is 1.79. The number of ether oxygens (including phenoxy) is 1. The Morgan fingerprint density at radius 2 is 1.95 bits per heavy atom. The van der Waals surface area contributed by atoms with Crippen LogP contribution in [0.25, 0.3) is 0 Å². The lowest BCUT2D eigenvalue weighted by atomic mass is 9.61. The van der Waals surface area contributed by atoms with Gasteiger partial charge in [-0.1, -0.05) is 18.9 Å². The molecule has 19 heavy (non-hydrogen) atoms. The minimum atomic E-state index is 0.832. The molecule has 0 bridgehead atoms. The predicted octanol–water partition coefficient (Wildman–Crippen LogP) is 4.55. The van der Waals surface area contributed by atoms with Crippen LogP contribution in [0.3, 0.4) is 0 Å². The third-order valence-electron chi connectivity index (χ3n) is 6.13. The Labute approximate surface area is 116 Å². The molecule has 0 radical (unpaired) electrons. The van der Waals surface area contributed by atoms with Gasteiger partial charge in [-0.3, -0.25) is 0 Å². The zero-order chi connectivity index (χ0) is 12.8. The average molecular weight is 256 g/mol. The van der Waals surface area contributed by atoms with E-state index in [-0.39, 0.29) is 0 Å². The van der Waals surface area contributed by atoms with E-state index in [1.54, 1.807) is 18.2 Å². The first kappa shape index (κ1) is 11.8. The molecule has 3 aliphatic carbocycles. The molecule has 0 N–H and O–H groups in total. The molecule has 4 unspecified atom stereocenters. The molecule has 0 spiro atoms. The van der Waals surface area contributed by atoms with Gasteiger partial charge in [0, 0.05) is 0 Å². The van der Waals surface area contributed by atoms with Gasteiger partial charge in [0.15, 0.2) is 0 Å². The van der Waals surface area contributed by atoms with Crippen LogP contribution in [-0.4, -0.2) is 7.11 Å². The van der Waals surface area contributed by atoms with E-state index in [0.29, 0.717) is 0 Å². The fraction of sp³-hybridized carbons (Fsp3) is 0.667. The van der Waals surface area contributed by atoms with Crippen LogP contribution in [0, 0.1) is 17.8 Å². The van der Waals surface area contributed by atoms with Crippen LogP contribution in [0.5, 0.6) is 5.75 Å². The van der Waals surface area contributed by atoms with Crippen molar-refractivity contribution in [1.29, 1.82) is 0 Å². The molecule has 2 fully saturated rings. The molecule has 0 heterocycles. The van der Waals surface area contributed by atoms with E-state index in [0.717, 1.165) is 29.4 Å². The Morgan fingerprint density at radius 1 is 1.00 bits per heavy atom. The maximum atomic E-state index is 5.45. The number of benzene rings is 1. The van der Waals surface area contributed by atoms with Crippen molar-refractivity contribution in [2.24, 2.45) is 17.8 Å². The SMILES string of the molecule is COc1ccc2c(c1)C1CCC3CCCC3C1CC2. The highest BCUT2D eigenvalue weighted by Crippen LogP contribution is 2.55. The van der Waals surface area contributed by atoms with Crippen LogP contribution in [0.4, 0.5) is 0 Å². The third-order valence-corrected chi connectivity index (χ3v) is 6.13. The minimum Gasteiger partial charge on any atom is -0.497 e. The van der Waals surface area contributed by atoms with Crippen LogP contribution in [-0.2, 0) is 6.42 Å². The average Bonchev–Trinajstić information content (AvgIpc) is 2.94. The predicted molar refractivity (Wildman–Crippen MR) is 77.6 cm³/mol. The number of rotatable bonds is 1. The molecule has 4 atom stereocenters. The van der Waals surface area contributed by atoms with E-state index in [1.807, 2.05) is 0 Å². The number of aryl methyl sites for hydroxylation is 1. The lowest BCUT2D eigenvalue weighted by molar-refractivity contribution is 0.136. The highest BCUT2D eigenvalue weighted by atomic mass is 16.5. The zero-order valence-electron chi connectivity index (χ0n) is 11.9. The summed E-state index contributed by atoms with van der Waals surface area (Å²) in [6.07, 6.45) is 10.1. The molecule has 0 aliphatic heterocycles. The molecular formula is C18H24O. The van der Waals surface area contributed by atoms with Crippen LogP contribution in [0.2, 0.25) is 0 Å². The first-order chi connectivity index (χ1) is 9.36.